The van der Waals surface area contributed by atoms with Gasteiger partial charge in [-0.05, 0) is 90.9 Å². The van der Waals surface area contributed by atoms with Gasteiger partial charge in [0.2, 0.25) is 5.91 Å². The summed E-state index contributed by atoms with van der Waals surface area (Å²) in [5, 5.41) is 10.9. The lowest BCUT2D eigenvalue weighted by Crippen LogP contribution is -2.30. The number of amides is 3. The number of hydrogen-bond acceptors (Lipinski definition) is 8. The Hall–Kier alpha value is -6.17. The van der Waals surface area contributed by atoms with Crippen LogP contribution in [0.2, 0.25) is 0 Å². The number of hydrogen-bond donors (Lipinski definition) is 3. The van der Waals surface area contributed by atoms with E-state index in [0.29, 0.717) is 40.9 Å². The molecule has 0 unspecified atom stereocenters. The number of aromatic nitrogens is 1. The van der Waals surface area contributed by atoms with Crippen LogP contribution in [0, 0.1) is 0 Å². The summed E-state index contributed by atoms with van der Waals surface area (Å²) in [6.45, 7) is 2.96. The predicted octanol–water partition coefficient (Wildman–Crippen LogP) is 8.93. The summed E-state index contributed by atoms with van der Waals surface area (Å²) in [7, 11) is 0. The van der Waals surface area contributed by atoms with Crippen molar-refractivity contribution in [3.8, 4) is 22.8 Å². The zero-order chi connectivity index (χ0) is 36.8. The minimum absolute atomic E-state index is 0.0577. The first-order chi connectivity index (χ1) is 25.9. The van der Waals surface area contributed by atoms with E-state index in [1.54, 1.807) is 48.5 Å². The van der Waals surface area contributed by atoms with E-state index >= 15 is 0 Å². The SMILES string of the molecule is CCOc1ccc(-c2csc(NC(=O)CSc3cccc(NC(=O)/C(=C/c4ccc(OCc5ccccc5)cc4)NC(=O)c4ccccc4)c3)n2)cc1. The fourth-order valence-corrected chi connectivity index (χ4v) is 6.52. The fourth-order valence-electron chi connectivity index (χ4n) is 5.03. The molecule has 1 heterocycles. The van der Waals surface area contributed by atoms with Crippen molar-refractivity contribution in [2.45, 2.75) is 18.4 Å². The number of thiazole rings is 1. The second kappa shape index (κ2) is 18.4. The molecule has 53 heavy (non-hydrogen) atoms. The normalized spacial score (nSPS) is 11.0. The van der Waals surface area contributed by atoms with Gasteiger partial charge >= 0.3 is 0 Å². The molecular formula is C42H36N4O5S2. The van der Waals surface area contributed by atoms with Gasteiger partial charge in [0.1, 0.15) is 23.8 Å². The van der Waals surface area contributed by atoms with E-state index in [-0.39, 0.29) is 17.4 Å². The number of nitrogens with zero attached hydrogens (tertiary/aromatic N) is 1. The number of benzene rings is 5. The van der Waals surface area contributed by atoms with Gasteiger partial charge in [0.05, 0.1) is 18.1 Å². The van der Waals surface area contributed by atoms with Crippen LogP contribution in [0.25, 0.3) is 17.3 Å². The molecule has 0 fully saturated rings. The molecule has 11 heteroatoms. The lowest BCUT2D eigenvalue weighted by atomic mass is 10.1. The highest BCUT2D eigenvalue weighted by molar-refractivity contribution is 8.00. The third-order valence-electron chi connectivity index (χ3n) is 7.64. The molecule has 0 bridgehead atoms. The Morgan fingerprint density at radius 2 is 1.47 bits per heavy atom. The molecule has 9 nitrogen and oxygen atoms in total. The first-order valence-corrected chi connectivity index (χ1v) is 18.7. The molecule has 0 aliphatic rings. The van der Waals surface area contributed by atoms with E-state index in [1.807, 2.05) is 103 Å². The van der Waals surface area contributed by atoms with Crippen LogP contribution in [0.15, 0.2) is 149 Å². The maximum atomic E-state index is 13.6. The topological polar surface area (TPSA) is 119 Å². The van der Waals surface area contributed by atoms with Crippen LogP contribution in [0.4, 0.5) is 10.8 Å². The maximum Gasteiger partial charge on any atom is 0.272 e. The van der Waals surface area contributed by atoms with Crippen molar-refractivity contribution < 1.29 is 23.9 Å². The molecule has 3 N–H and O–H groups in total. The van der Waals surface area contributed by atoms with Crippen molar-refractivity contribution in [2.75, 3.05) is 23.0 Å². The van der Waals surface area contributed by atoms with Crippen molar-refractivity contribution in [1.29, 1.82) is 0 Å². The Morgan fingerprint density at radius 3 is 2.21 bits per heavy atom. The molecule has 0 aliphatic carbocycles. The largest absolute Gasteiger partial charge is 0.494 e. The standard InChI is InChI=1S/C42H36N4O5S2/c1-2-50-34-22-18-31(19-23-34)38-27-53-42(45-38)46-39(47)28-52-36-15-9-14-33(25-36)43-41(49)37(44-40(48)32-12-7-4-8-13-32)24-29-16-20-35(21-17-29)51-26-30-10-5-3-6-11-30/h3-25,27H,2,26,28H2,1H3,(H,43,49)(H,44,48)(H,45,46,47)/b37-24-. The Balaban J connectivity index is 1.08. The molecular weight excluding hydrogens is 705 g/mol. The van der Waals surface area contributed by atoms with Gasteiger partial charge in [-0.15, -0.1) is 23.1 Å². The molecule has 5 aromatic carbocycles. The van der Waals surface area contributed by atoms with Crippen molar-refractivity contribution in [3.63, 3.8) is 0 Å². The summed E-state index contributed by atoms with van der Waals surface area (Å²) in [6.07, 6.45) is 1.61. The van der Waals surface area contributed by atoms with Crippen LogP contribution < -0.4 is 25.4 Å². The smallest absolute Gasteiger partial charge is 0.272 e. The van der Waals surface area contributed by atoms with Gasteiger partial charge in [0, 0.05) is 27.1 Å². The van der Waals surface area contributed by atoms with Crippen molar-refractivity contribution in [1.82, 2.24) is 10.3 Å². The van der Waals surface area contributed by atoms with Gasteiger partial charge in [-0.1, -0.05) is 66.7 Å². The molecule has 0 saturated carbocycles. The zero-order valence-corrected chi connectivity index (χ0v) is 30.4. The molecule has 0 aliphatic heterocycles. The molecule has 0 radical (unpaired) electrons. The first-order valence-electron chi connectivity index (χ1n) is 16.8. The molecule has 0 saturated heterocycles. The number of anilines is 2. The van der Waals surface area contributed by atoms with Gasteiger partial charge < -0.3 is 25.4 Å². The first kappa shape index (κ1) is 36.6. The number of rotatable bonds is 15. The molecule has 6 aromatic rings. The van der Waals surface area contributed by atoms with E-state index in [0.717, 1.165) is 27.5 Å². The average Bonchev–Trinajstić information content (AvgIpc) is 3.66. The van der Waals surface area contributed by atoms with Crippen molar-refractivity contribution in [3.05, 3.63) is 161 Å². The van der Waals surface area contributed by atoms with Gasteiger partial charge in [-0.3, -0.25) is 14.4 Å². The predicted molar refractivity (Wildman–Crippen MR) is 212 cm³/mol. The van der Waals surface area contributed by atoms with E-state index in [1.165, 1.54) is 23.1 Å². The van der Waals surface area contributed by atoms with E-state index in [2.05, 4.69) is 20.9 Å². The van der Waals surface area contributed by atoms with Crippen molar-refractivity contribution >= 4 is 57.7 Å². The Labute approximate surface area is 316 Å². The van der Waals surface area contributed by atoms with Crippen LogP contribution in [0.5, 0.6) is 11.5 Å². The molecule has 0 spiro atoms. The zero-order valence-electron chi connectivity index (χ0n) is 28.8. The highest BCUT2D eigenvalue weighted by Gasteiger charge is 2.16. The molecule has 6 rings (SSSR count). The van der Waals surface area contributed by atoms with Crippen LogP contribution in [-0.4, -0.2) is 35.1 Å². The van der Waals surface area contributed by atoms with Crippen LogP contribution in [-0.2, 0) is 16.2 Å². The minimum Gasteiger partial charge on any atom is -0.494 e. The maximum absolute atomic E-state index is 13.6. The number of thioether (sulfide) groups is 1. The Bertz CT molecular complexity index is 2170. The van der Waals surface area contributed by atoms with Gasteiger partial charge in [0.15, 0.2) is 5.13 Å². The van der Waals surface area contributed by atoms with Crippen molar-refractivity contribution in [2.24, 2.45) is 0 Å². The number of nitrogens with one attached hydrogen (secondary N) is 3. The fraction of sp³-hybridized carbons (Fsp3) is 0.0952. The van der Waals surface area contributed by atoms with E-state index in [4.69, 9.17) is 9.47 Å². The van der Waals surface area contributed by atoms with E-state index < -0.39 is 11.8 Å². The van der Waals surface area contributed by atoms with Gasteiger partial charge in [-0.25, -0.2) is 4.98 Å². The van der Waals surface area contributed by atoms with Crippen LogP contribution in [0.3, 0.4) is 0 Å². The summed E-state index contributed by atoms with van der Waals surface area (Å²) < 4.78 is 11.4. The Kier molecular flexibility index (Phi) is 12.7. The average molecular weight is 741 g/mol. The lowest BCUT2D eigenvalue weighted by molar-refractivity contribution is -0.114. The summed E-state index contributed by atoms with van der Waals surface area (Å²) in [6, 6.07) is 40.6. The highest BCUT2D eigenvalue weighted by atomic mass is 32.2. The molecule has 266 valence electrons. The number of ether oxygens (including phenoxy) is 2. The van der Waals surface area contributed by atoms with Crippen LogP contribution >= 0.6 is 23.1 Å². The quantitative estimate of drug-likeness (QED) is 0.0711. The second-order valence-corrected chi connectivity index (χ2v) is 13.4. The summed E-state index contributed by atoms with van der Waals surface area (Å²) in [4.78, 5) is 44.9. The molecule has 1 aromatic heterocycles. The summed E-state index contributed by atoms with van der Waals surface area (Å²) in [5.74, 6) is 0.469. The van der Waals surface area contributed by atoms with Gasteiger partial charge in [0.25, 0.3) is 11.8 Å². The lowest BCUT2D eigenvalue weighted by Gasteiger charge is -2.12. The Morgan fingerprint density at radius 1 is 0.774 bits per heavy atom. The van der Waals surface area contributed by atoms with E-state index in [9.17, 15) is 14.4 Å². The molecule has 3 amide bonds. The highest BCUT2D eigenvalue weighted by Crippen LogP contribution is 2.28. The summed E-state index contributed by atoms with van der Waals surface area (Å²) >= 11 is 2.68. The number of carbonyl (C=O) groups is 3. The summed E-state index contributed by atoms with van der Waals surface area (Å²) in [5.41, 5.74) is 4.42. The molecule has 0 atom stereocenters. The second-order valence-electron chi connectivity index (χ2n) is 11.5. The minimum atomic E-state index is -0.509. The van der Waals surface area contributed by atoms with Crippen LogP contribution in [0.1, 0.15) is 28.4 Å². The monoisotopic (exact) mass is 740 g/mol. The third-order valence-corrected chi connectivity index (χ3v) is 9.39. The third kappa shape index (κ3) is 10.9. The number of carbonyl (C=O) groups excluding carboxylic acids is 3. The van der Waals surface area contributed by atoms with Gasteiger partial charge in [-0.2, -0.15) is 0 Å².